The van der Waals surface area contributed by atoms with Crippen molar-refractivity contribution in [3.05, 3.63) is 0 Å². The lowest BCUT2D eigenvalue weighted by Crippen LogP contribution is -2.39. The number of carboxylic acid groups (broad SMARTS) is 1. The maximum atomic E-state index is 11.6. The summed E-state index contributed by atoms with van der Waals surface area (Å²) in [7, 11) is -7.15. The van der Waals surface area contributed by atoms with E-state index in [-0.39, 0.29) is 19.8 Å². The van der Waals surface area contributed by atoms with Crippen molar-refractivity contribution in [2.45, 2.75) is 31.3 Å². The maximum Gasteiger partial charge on any atom is 0.318 e. The molecule has 0 rings (SSSR count). The minimum absolute atomic E-state index is 0.0186. The molecule has 0 fully saturated rings. The van der Waals surface area contributed by atoms with Crippen LogP contribution in [-0.2, 0) is 29.6 Å². The highest BCUT2D eigenvalue weighted by Gasteiger charge is 2.21. The van der Waals surface area contributed by atoms with Gasteiger partial charge in [-0.15, -0.1) is 0 Å². The second-order valence-corrected chi connectivity index (χ2v) is 9.14. The molecule has 0 aromatic carbocycles. The number of sulfonamides is 2. The van der Waals surface area contributed by atoms with Crippen LogP contribution in [0.1, 0.15) is 20.8 Å². The SMILES string of the molecule is CC(C)S(=O)(=O)NCCOCC(C)S(=O)(=O)NCC(=O)O. The maximum absolute atomic E-state index is 11.6. The van der Waals surface area contributed by atoms with E-state index in [9.17, 15) is 21.6 Å². The fourth-order valence-corrected chi connectivity index (χ4v) is 2.65. The molecular weight excluding hydrogens is 324 g/mol. The number of rotatable bonds is 11. The van der Waals surface area contributed by atoms with Crippen molar-refractivity contribution in [1.82, 2.24) is 9.44 Å². The summed E-state index contributed by atoms with van der Waals surface area (Å²) >= 11 is 0. The fraction of sp³-hybridized carbons (Fsp3) is 0.900. The first kappa shape index (κ1) is 20.2. The van der Waals surface area contributed by atoms with Gasteiger partial charge in [0.05, 0.1) is 23.7 Å². The van der Waals surface area contributed by atoms with Gasteiger partial charge in [-0.2, -0.15) is 0 Å². The average molecular weight is 346 g/mol. The number of ether oxygens (including phenoxy) is 1. The third-order valence-electron chi connectivity index (χ3n) is 2.48. The van der Waals surface area contributed by atoms with E-state index in [1.807, 2.05) is 4.72 Å². The lowest BCUT2D eigenvalue weighted by Gasteiger charge is -2.14. The number of carbonyl (C=O) groups is 1. The molecule has 9 nitrogen and oxygen atoms in total. The Hall–Kier alpha value is -0.750. The van der Waals surface area contributed by atoms with E-state index >= 15 is 0 Å². The van der Waals surface area contributed by atoms with E-state index < -0.39 is 43.1 Å². The number of hydrogen-bond donors (Lipinski definition) is 3. The van der Waals surface area contributed by atoms with Gasteiger partial charge in [-0.25, -0.2) is 26.3 Å². The summed E-state index contributed by atoms with van der Waals surface area (Å²) in [6, 6.07) is 0. The Morgan fingerprint density at radius 2 is 1.67 bits per heavy atom. The highest BCUT2D eigenvalue weighted by molar-refractivity contribution is 7.90. The Kier molecular flexibility index (Phi) is 8.33. The first-order chi connectivity index (χ1) is 9.49. The first-order valence-electron chi connectivity index (χ1n) is 6.25. The summed E-state index contributed by atoms with van der Waals surface area (Å²) < 4.78 is 55.3. The van der Waals surface area contributed by atoms with E-state index in [0.717, 1.165) is 0 Å². The Morgan fingerprint density at radius 3 is 2.14 bits per heavy atom. The fourth-order valence-electron chi connectivity index (χ4n) is 1.07. The van der Waals surface area contributed by atoms with Gasteiger partial charge in [0.2, 0.25) is 20.0 Å². The van der Waals surface area contributed by atoms with Gasteiger partial charge in [-0.1, -0.05) is 0 Å². The van der Waals surface area contributed by atoms with Crippen molar-refractivity contribution in [2.24, 2.45) is 0 Å². The molecule has 126 valence electrons. The summed E-state index contributed by atoms with van der Waals surface area (Å²) in [5.41, 5.74) is 0. The molecule has 0 aliphatic rings. The van der Waals surface area contributed by atoms with Gasteiger partial charge in [0.1, 0.15) is 6.54 Å². The topological polar surface area (TPSA) is 139 Å². The number of carboxylic acids is 1. The van der Waals surface area contributed by atoms with Crippen LogP contribution in [0.5, 0.6) is 0 Å². The van der Waals surface area contributed by atoms with Crippen LogP contribution >= 0.6 is 0 Å². The van der Waals surface area contributed by atoms with E-state index in [4.69, 9.17) is 9.84 Å². The van der Waals surface area contributed by atoms with Crippen molar-refractivity contribution in [2.75, 3.05) is 26.3 Å². The number of aliphatic carboxylic acids is 1. The largest absolute Gasteiger partial charge is 0.480 e. The number of hydrogen-bond acceptors (Lipinski definition) is 6. The number of nitrogens with one attached hydrogen (secondary N) is 2. The van der Waals surface area contributed by atoms with Gasteiger partial charge < -0.3 is 9.84 Å². The van der Waals surface area contributed by atoms with Crippen LogP contribution in [0.2, 0.25) is 0 Å². The van der Waals surface area contributed by atoms with Crippen molar-refractivity contribution >= 4 is 26.0 Å². The lowest BCUT2D eigenvalue weighted by molar-refractivity contribution is -0.135. The van der Waals surface area contributed by atoms with Gasteiger partial charge in [0.25, 0.3) is 0 Å². The molecule has 0 aliphatic heterocycles. The molecule has 0 aromatic rings. The predicted molar refractivity (Wildman–Crippen MR) is 76.9 cm³/mol. The molecule has 11 heteroatoms. The van der Waals surface area contributed by atoms with Crippen LogP contribution in [0.25, 0.3) is 0 Å². The summed E-state index contributed by atoms with van der Waals surface area (Å²) in [6.45, 7) is 3.63. The second-order valence-electron chi connectivity index (χ2n) is 4.63. The Bertz CT molecular complexity index is 528. The zero-order valence-electron chi connectivity index (χ0n) is 12.2. The van der Waals surface area contributed by atoms with Gasteiger partial charge in [0.15, 0.2) is 0 Å². The van der Waals surface area contributed by atoms with E-state index in [2.05, 4.69) is 4.72 Å². The highest BCUT2D eigenvalue weighted by Crippen LogP contribution is 1.99. The standard InChI is InChI=1S/C10H22N2O7S2/c1-8(2)20(15,16)11-4-5-19-7-9(3)21(17,18)12-6-10(13)14/h8-9,11-12H,4-7H2,1-3H3,(H,13,14). The third kappa shape index (κ3) is 8.31. The minimum atomic E-state index is -3.78. The summed E-state index contributed by atoms with van der Waals surface area (Å²) in [4.78, 5) is 10.3. The highest BCUT2D eigenvalue weighted by atomic mass is 32.2. The van der Waals surface area contributed by atoms with Crippen molar-refractivity contribution in [3.63, 3.8) is 0 Å². The molecule has 0 aromatic heterocycles. The van der Waals surface area contributed by atoms with E-state index in [1.54, 1.807) is 0 Å². The molecule has 3 N–H and O–H groups in total. The van der Waals surface area contributed by atoms with Crippen LogP contribution in [-0.4, -0.2) is 64.7 Å². The van der Waals surface area contributed by atoms with Gasteiger partial charge in [0, 0.05) is 6.54 Å². The quantitative estimate of drug-likeness (QED) is 0.396. The molecule has 0 radical (unpaired) electrons. The smallest absolute Gasteiger partial charge is 0.318 e. The molecule has 1 unspecified atom stereocenters. The van der Waals surface area contributed by atoms with Gasteiger partial charge >= 0.3 is 5.97 Å². The Morgan fingerprint density at radius 1 is 1.10 bits per heavy atom. The Balaban J connectivity index is 4.05. The minimum Gasteiger partial charge on any atom is -0.480 e. The van der Waals surface area contributed by atoms with Crippen LogP contribution in [0.3, 0.4) is 0 Å². The first-order valence-corrected chi connectivity index (χ1v) is 9.34. The lowest BCUT2D eigenvalue weighted by atomic mass is 10.5. The molecule has 0 saturated heterocycles. The molecule has 0 bridgehead atoms. The van der Waals surface area contributed by atoms with Crippen molar-refractivity contribution in [1.29, 1.82) is 0 Å². The summed E-state index contributed by atoms with van der Waals surface area (Å²) in [5, 5.41) is 6.90. The second kappa shape index (κ2) is 8.63. The Labute approximate surface area is 125 Å². The monoisotopic (exact) mass is 346 g/mol. The van der Waals surface area contributed by atoms with Crippen LogP contribution in [0.15, 0.2) is 0 Å². The van der Waals surface area contributed by atoms with E-state index in [1.165, 1.54) is 20.8 Å². The molecular formula is C10H22N2O7S2. The van der Waals surface area contributed by atoms with Crippen LogP contribution in [0, 0.1) is 0 Å². The molecule has 1 atom stereocenters. The predicted octanol–water partition coefficient (Wildman–Crippen LogP) is -1.28. The molecule has 0 saturated carbocycles. The zero-order chi connectivity index (χ0) is 16.7. The molecule has 21 heavy (non-hydrogen) atoms. The van der Waals surface area contributed by atoms with Crippen LogP contribution < -0.4 is 9.44 Å². The van der Waals surface area contributed by atoms with Crippen LogP contribution in [0.4, 0.5) is 0 Å². The normalized spacial score (nSPS) is 14.3. The van der Waals surface area contributed by atoms with E-state index in [0.29, 0.717) is 0 Å². The zero-order valence-corrected chi connectivity index (χ0v) is 13.8. The van der Waals surface area contributed by atoms with Gasteiger partial charge in [-0.3, -0.25) is 4.79 Å². The molecule has 0 aliphatic carbocycles. The van der Waals surface area contributed by atoms with Crippen molar-refractivity contribution in [3.8, 4) is 0 Å². The molecule has 0 spiro atoms. The summed E-state index contributed by atoms with van der Waals surface area (Å²) in [5.74, 6) is -1.28. The van der Waals surface area contributed by atoms with Gasteiger partial charge in [-0.05, 0) is 20.8 Å². The third-order valence-corrected chi connectivity index (χ3v) is 6.07. The average Bonchev–Trinajstić information content (AvgIpc) is 2.35. The van der Waals surface area contributed by atoms with Crippen molar-refractivity contribution < 1.29 is 31.5 Å². The molecule has 0 heterocycles. The molecule has 0 amide bonds. The summed E-state index contributed by atoms with van der Waals surface area (Å²) in [6.07, 6.45) is 0.